The van der Waals surface area contributed by atoms with Crippen molar-refractivity contribution in [3.63, 3.8) is 0 Å². The topological polar surface area (TPSA) is 120 Å². The molecule has 0 saturated carbocycles. The third-order valence-electron chi connectivity index (χ3n) is 6.43. The van der Waals surface area contributed by atoms with Gasteiger partial charge in [-0.1, -0.05) is 0 Å². The van der Waals surface area contributed by atoms with Gasteiger partial charge in [0, 0.05) is 50.7 Å². The minimum Gasteiger partial charge on any atom is -0.494 e. The highest BCUT2D eigenvalue weighted by atomic mass is 16.5. The van der Waals surface area contributed by atoms with E-state index in [0.717, 1.165) is 74.8 Å². The average molecular weight is 454 g/mol. The maximum absolute atomic E-state index is 9.56. The molecule has 4 aliphatic heterocycles. The highest BCUT2D eigenvalue weighted by molar-refractivity contribution is 5.73. The van der Waals surface area contributed by atoms with Gasteiger partial charge in [0.05, 0.1) is 12.8 Å². The Morgan fingerprint density at radius 1 is 1.24 bits per heavy atom. The molecule has 0 aromatic heterocycles. The average Bonchev–Trinajstić information content (AvgIpc) is 3.34. The summed E-state index contributed by atoms with van der Waals surface area (Å²) in [6.45, 7) is 3.56. The summed E-state index contributed by atoms with van der Waals surface area (Å²) in [5, 5.41) is 16.4. The molecule has 1 aromatic rings. The van der Waals surface area contributed by atoms with Crippen molar-refractivity contribution < 1.29 is 14.6 Å². The Morgan fingerprint density at radius 2 is 2.12 bits per heavy atom. The SMILES string of the molecule is COc1cc(N2CCCC(CO)C2)ccc1Nc1nc(NC2CCOCC2)c2ncnc-2[nH]1. The number of aromatic nitrogens is 4. The van der Waals surface area contributed by atoms with Gasteiger partial charge in [0.2, 0.25) is 5.95 Å². The van der Waals surface area contributed by atoms with Crippen LogP contribution < -0.4 is 20.3 Å². The number of ether oxygens (including phenoxy) is 2. The van der Waals surface area contributed by atoms with Crippen molar-refractivity contribution in [2.24, 2.45) is 5.92 Å². The van der Waals surface area contributed by atoms with E-state index in [9.17, 15) is 5.11 Å². The Morgan fingerprint density at radius 3 is 2.94 bits per heavy atom. The predicted octanol–water partition coefficient (Wildman–Crippen LogP) is 2.86. The summed E-state index contributed by atoms with van der Waals surface area (Å²) in [6.07, 6.45) is 5.55. The van der Waals surface area contributed by atoms with Crippen LogP contribution in [0.2, 0.25) is 0 Å². The molecule has 4 aliphatic rings. The molecule has 10 heteroatoms. The van der Waals surface area contributed by atoms with Gasteiger partial charge in [0.1, 0.15) is 17.8 Å². The third-order valence-corrected chi connectivity index (χ3v) is 6.43. The normalized spacial score (nSPS) is 19.6. The Balaban J connectivity index is 1.38. The largest absolute Gasteiger partial charge is 0.494 e. The number of piperidine rings is 1. The number of aromatic amines is 1. The van der Waals surface area contributed by atoms with Crippen LogP contribution >= 0.6 is 0 Å². The van der Waals surface area contributed by atoms with Crippen LogP contribution in [0.1, 0.15) is 25.7 Å². The van der Waals surface area contributed by atoms with E-state index in [1.807, 2.05) is 12.1 Å². The number of methoxy groups -OCH3 is 1. The Kier molecular flexibility index (Phi) is 6.45. The fourth-order valence-corrected chi connectivity index (χ4v) is 4.59. The number of nitrogens with one attached hydrogen (secondary N) is 3. The van der Waals surface area contributed by atoms with Crippen LogP contribution in [0, 0.1) is 5.92 Å². The monoisotopic (exact) mass is 453 g/mol. The molecule has 33 heavy (non-hydrogen) atoms. The summed E-state index contributed by atoms with van der Waals surface area (Å²) < 4.78 is 11.2. The molecular weight excluding hydrogens is 422 g/mol. The van der Waals surface area contributed by atoms with Crippen LogP contribution in [0.15, 0.2) is 24.5 Å². The van der Waals surface area contributed by atoms with Gasteiger partial charge in [0.15, 0.2) is 11.6 Å². The number of aliphatic hydroxyl groups is 1. The Hall–Kier alpha value is -3.11. The lowest BCUT2D eigenvalue weighted by Gasteiger charge is -2.34. The predicted molar refractivity (Wildman–Crippen MR) is 127 cm³/mol. The molecule has 1 atom stereocenters. The van der Waals surface area contributed by atoms with E-state index in [0.29, 0.717) is 29.6 Å². The maximum Gasteiger partial charge on any atom is 0.208 e. The summed E-state index contributed by atoms with van der Waals surface area (Å²) in [4.78, 5) is 19.0. The minimum atomic E-state index is 0.228. The number of nitrogens with zero attached hydrogens (tertiary/aromatic N) is 4. The van der Waals surface area contributed by atoms with E-state index >= 15 is 0 Å². The van der Waals surface area contributed by atoms with Crippen LogP contribution in [0.3, 0.4) is 0 Å². The first kappa shape index (κ1) is 21.7. The summed E-state index contributed by atoms with van der Waals surface area (Å²) >= 11 is 0. The van der Waals surface area contributed by atoms with E-state index in [1.54, 1.807) is 7.11 Å². The van der Waals surface area contributed by atoms with Gasteiger partial charge in [-0.05, 0) is 43.7 Å². The molecule has 4 heterocycles. The third kappa shape index (κ3) is 4.81. The van der Waals surface area contributed by atoms with Crippen LogP contribution in [-0.2, 0) is 4.74 Å². The Labute approximate surface area is 193 Å². The van der Waals surface area contributed by atoms with Gasteiger partial charge in [0.25, 0.3) is 0 Å². The molecule has 2 fully saturated rings. The second kappa shape index (κ2) is 9.80. The molecule has 0 spiro atoms. The van der Waals surface area contributed by atoms with Gasteiger partial charge in [-0.3, -0.25) is 0 Å². The molecule has 176 valence electrons. The van der Waals surface area contributed by atoms with Crippen molar-refractivity contribution >= 4 is 23.1 Å². The van der Waals surface area contributed by atoms with E-state index in [4.69, 9.17) is 14.5 Å². The zero-order chi connectivity index (χ0) is 22.6. The molecule has 1 unspecified atom stereocenters. The number of hydrogen-bond acceptors (Lipinski definition) is 9. The first-order chi connectivity index (χ1) is 16.2. The number of imidazole rings is 1. The first-order valence-electron chi connectivity index (χ1n) is 11.6. The molecular formula is C23H31N7O3. The molecule has 5 rings (SSSR count). The van der Waals surface area contributed by atoms with E-state index in [2.05, 4.69) is 36.6 Å². The lowest BCUT2D eigenvalue weighted by molar-refractivity contribution is 0.0904. The number of anilines is 4. The molecule has 0 radical (unpaired) electrons. The Bertz CT molecular complexity index is 1040. The summed E-state index contributed by atoms with van der Waals surface area (Å²) in [6, 6.07) is 6.40. The lowest BCUT2D eigenvalue weighted by Crippen LogP contribution is -2.36. The lowest BCUT2D eigenvalue weighted by atomic mass is 9.98. The highest BCUT2D eigenvalue weighted by Gasteiger charge is 2.22. The van der Waals surface area contributed by atoms with Gasteiger partial charge in [-0.15, -0.1) is 0 Å². The van der Waals surface area contributed by atoms with Crippen LogP contribution in [0.5, 0.6) is 5.75 Å². The smallest absolute Gasteiger partial charge is 0.208 e. The zero-order valence-electron chi connectivity index (χ0n) is 18.9. The van der Waals surface area contributed by atoms with Crippen LogP contribution in [-0.4, -0.2) is 71.1 Å². The molecule has 1 aromatic carbocycles. The first-order valence-corrected chi connectivity index (χ1v) is 11.6. The highest BCUT2D eigenvalue weighted by Crippen LogP contribution is 2.34. The standard InChI is InChI=1S/C23H31N7O3/c1-32-19-11-17(30-8-2-3-15(12-30)13-31)4-5-18(19)27-23-28-21-20(24-14-25-21)22(29-23)26-16-6-9-33-10-7-16/h4-5,11,14-16,31H,2-3,6-10,12-13H2,1H3,(H3,24,25,26,27,28,29). The summed E-state index contributed by atoms with van der Waals surface area (Å²) in [5.41, 5.74) is 2.61. The molecule has 0 aliphatic carbocycles. The number of aliphatic hydroxyl groups excluding tert-OH is 1. The van der Waals surface area contributed by atoms with Crippen molar-refractivity contribution in [1.82, 2.24) is 19.9 Å². The molecule has 0 bridgehead atoms. The van der Waals surface area contributed by atoms with E-state index in [1.165, 1.54) is 6.33 Å². The minimum absolute atomic E-state index is 0.228. The van der Waals surface area contributed by atoms with Crippen molar-refractivity contribution in [3.8, 4) is 17.3 Å². The summed E-state index contributed by atoms with van der Waals surface area (Å²) in [7, 11) is 1.66. The number of hydrogen-bond donors (Lipinski definition) is 4. The van der Waals surface area contributed by atoms with E-state index in [-0.39, 0.29) is 6.61 Å². The number of fused-ring (bicyclic) bond motifs is 1. The molecule has 4 N–H and O–H groups in total. The van der Waals surface area contributed by atoms with E-state index < -0.39 is 0 Å². The van der Waals surface area contributed by atoms with Crippen LogP contribution in [0.4, 0.5) is 23.1 Å². The van der Waals surface area contributed by atoms with Gasteiger partial charge in [-0.2, -0.15) is 4.98 Å². The van der Waals surface area contributed by atoms with Gasteiger partial charge >= 0.3 is 0 Å². The molecule has 2 saturated heterocycles. The number of rotatable bonds is 7. The fourth-order valence-electron chi connectivity index (χ4n) is 4.59. The second-order valence-corrected chi connectivity index (χ2v) is 8.68. The van der Waals surface area contributed by atoms with Gasteiger partial charge in [-0.25, -0.2) is 9.97 Å². The van der Waals surface area contributed by atoms with Crippen molar-refractivity contribution in [3.05, 3.63) is 24.5 Å². The molecule has 10 nitrogen and oxygen atoms in total. The number of H-pyrrole nitrogens is 1. The second-order valence-electron chi connectivity index (χ2n) is 8.68. The summed E-state index contributed by atoms with van der Waals surface area (Å²) in [5.74, 6) is 2.97. The fraction of sp³-hybridized carbons (Fsp3) is 0.522. The number of benzene rings is 1. The maximum atomic E-state index is 9.56. The zero-order valence-corrected chi connectivity index (χ0v) is 18.9. The van der Waals surface area contributed by atoms with Crippen molar-refractivity contribution in [2.75, 3.05) is 55.6 Å². The quantitative estimate of drug-likeness (QED) is 0.428. The van der Waals surface area contributed by atoms with Gasteiger partial charge < -0.3 is 35.1 Å². The van der Waals surface area contributed by atoms with Crippen molar-refractivity contribution in [2.45, 2.75) is 31.7 Å². The van der Waals surface area contributed by atoms with Crippen LogP contribution in [0.25, 0.3) is 11.5 Å². The molecule has 0 amide bonds. The van der Waals surface area contributed by atoms with Crippen molar-refractivity contribution in [1.29, 1.82) is 0 Å².